The highest BCUT2D eigenvalue weighted by atomic mass is 127. The fourth-order valence-electron chi connectivity index (χ4n) is 2.47. The maximum atomic E-state index is 5.79. The average molecular weight is 478 g/mol. The summed E-state index contributed by atoms with van der Waals surface area (Å²) >= 11 is 0. The van der Waals surface area contributed by atoms with Crippen molar-refractivity contribution >= 4 is 29.9 Å². The summed E-state index contributed by atoms with van der Waals surface area (Å²) in [4.78, 5) is 8.92. The van der Waals surface area contributed by atoms with Crippen molar-refractivity contribution in [2.45, 2.75) is 53.7 Å². The molecule has 2 N–H and O–H groups in total. The molecular formula is C19H35IN4O2. The second-order valence-corrected chi connectivity index (χ2v) is 6.05. The van der Waals surface area contributed by atoms with Crippen molar-refractivity contribution in [2.75, 3.05) is 26.3 Å². The molecule has 150 valence electrons. The maximum Gasteiger partial charge on any atom is 0.218 e. The number of nitrogens with zero attached hydrogens (tertiary/aromatic N) is 2. The van der Waals surface area contributed by atoms with E-state index in [1.807, 2.05) is 26.0 Å². The normalized spacial score (nSPS) is 12.5. The van der Waals surface area contributed by atoms with Crippen molar-refractivity contribution in [3.05, 3.63) is 23.9 Å². The molecule has 0 aliphatic heterocycles. The summed E-state index contributed by atoms with van der Waals surface area (Å²) < 4.78 is 11.3. The van der Waals surface area contributed by atoms with Gasteiger partial charge in [-0.3, -0.25) is 0 Å². The van der Waals surface area contributed by atoms with Gasteiger partial charge < -0.3 is 20.1 Å². The first-order valence-electron chi connectivity index (χ1n) is 9.32. The van der Waals surface area contributed by atoms with Gasteiger partial charge in [-0.2, -0.15) is 0 Å². The van der Waals surface area contributed by atoms with Crippen molar-refractivity contribution in [1.29, 1.82) is 0 Å². The largest absolute Gasteiger partial charge is 0.478 e. The summed E-state index contributed by atoms with van der Waals surface area (Å²) in [6.07, 6.45) is 2.96. The molecule has 0 saturated heterocycles. The number of guanidine groups is 1. The number of nitrogens with one attached hydrogen (secondary N) is 2. The fraction of sp³-hybridized carbons (Fsp3) is 0.684. The van der Waals surface area contributed by atoms with Crippen molar-refractivity contribution in [1.82, 2.24) is 15.6 Å². The third-order valence-corrected chi connectivity index (χ3v) is 3.73. The quantitative estimate of drug-likeness (QED) is 0.289. The lowest BCUT2D eigenvalue weighted by Gasteiger charge is -2.21. The molecule has 0 amide bonds. The minimum Gasteiger partial charge on any atom is -0.478 e. The second-order valence-electron chi connectivity index (χ2n) is 6.05. The van der Waals surface area contributed by atoms with E-state index in [1.165, 1.54) is 0 Å². The zero-order chi connectivity index (χ0) is 18.5. The standard InChI is InChI=1S/C19H34N4O2.HI/c1-6-20-19(22-13-11-17(15(4)5)24-7-2)23-14-16-10-9-12-21-18(16)25-8-3;/h9-10,12,15,17H,6-8,11,13-14H2,1-5H3,(H2,20,22,23);1H. The first-order valence-corrected chi connectivity index (χ1v) is 9.32. The van der Waals surface area contributed by atoms with Gasteiger partial charge in [0.1, 0.15) is 0 Å². The Morgan fingerprint density at radius 3 is 2.58 bits per heavy atom. The van der Waals surface area contributed by atoms with Crippen LogP contribution in [0.25, 0.3) is 0 Å². The molecule has 1 atom stereocenters. The van der Waals surface area contributed by atoms with Crippen LogP contribution < -0.4 is 15.4 Å². The van der Waals surface area contributed by atoms with Gasteiger partial charge in [0.05, 0.1) is 19.3 Å². The van der Waals surface area contributed by atoms with Crippen LogP contribution >= 0.6 is 24.0 Å². The predicted molar refractivity (Wildman–Crippen MR) is 119 cm³/mol. The first kappa shape index (κ1) is 24.9. The number of halogens is 1. The monoisotopic (exact) mass is 478 g/mol. The van der Waals surface area contributed by atoms with Crippen LogP contribution in [0.1, 0.15) is 46.6 Å². The van der Waals surface area contributed by atoms with Crippen LogP contribution in [-0.4, -0.2) is 43.4 Å². The van der Waals surface area contributed by atoms with Crippen LogP contribution in [0, 0.1) is 5.92 Å². The zero-order valence-corrected chi connectivity index (χ0v) is 19.1. The maximum absolute atomic E-state index is 5.79. The zero-order valence-electron chi connectivity index (χ0n) is 16.7. The van der Waals surface area contributed by atoms with Crippen LogP contribution in [0.3, 0.4) is 0 Å². The smallest absolute Gasteiger partial charge is 0.218 e. The van der Waals surface area contributed by atoms with Gasteiger partial charge in [0.15, 0.2) is 5.96 Å². The van der Waals surface area contributed by atoms with Crippen molar-refractivity contribution in [2.24, 2.45) is 10.9 Å². The lowest BCUT2D eigenvalue weighted by atomic mass is 10.0. The lowest BCUT2D eigenvalue weighted by Crippen LogP contribution is -2.39. The molecule has 1 heterocycles. The number of rotatable bonds is 11. The van der Waals surface area contributed by atoms with Crippen molar-refractivity contribution in [3.63, 3.8) is 0 Å². The summed E-state index contributed by atoms with van der Waals surface area (Å²) in [5.41, 5.74) is 0.982. The lowest BCUT2D eigenvalue weighted by molar-refractivity contribution is 0.0258. The van der Waals surface area contributed by atoms with Gasteiger partial charge in [-0.1, -0.05) is 19.9 Å². The van der Waals surface area contributed by atoms with Gasteiger partial charge >= 0.3 is 0 Å². The highest BCUT2D eigenvalue weighted by molar-refractivity contribution is 14.0. The minimum atomic E-state index is 0. The van der Waals surface area contributed by atoms with E-state index in [1.54, 1.807) is 6.20 Å². The molecule has 1 unspecified atom stereocenters. The van der Waals surface area contributed by atoms with E-state index in [-0.39, 0.29) is 30.1 Å². The Morgan fingerprint density at radius 2 is 1.96 bits per heavy atom. The minimum absolute atomic E-state index is 0. The van der Waals surface area contributed by atoms with E-state index in [0.29, 0.717) is 24.9 Å². The fourth-order valence-corrected chi connectivity index (χ4v) is 2.47. The molecule has 0 aliphatic rings. The van der Waals surface area contributed by atoms with E-state index in [9.17, 15) is 0 Å². The van der Waals surface area contributed by atoms with Gasteiger partial charge in [-0.15, -0.1) is 24.0 Å². The molecule has 6 nitrogen and oxygen atoms in total. The molecular weight excluding hydrogens is 443 g/mol. The number of aromatic nitrogens is 1. The van der Waals surface area contributed by atoms with Crippen LogP contribution in [-0.2, 0) is 11.3 Å². The molecule has 0 saturated carbocycles. The molecule has 1 aromatic rings. The molecule has 26 heavy (non-hydrogen) atoms. The molecule has 0 radical (unpaired) electrons. The molecule has 0 aliphatic carbocycles. The Bertz CT molecular complexity index is 512. The van der Waals surface area contributed by atoms with Crippen LogP contribution in [0.4, 0.5) is 0 Å². The van der Waals surface area contributed by atoms with Gasteiger partial charge in [0.25, 0.3) is 0 Å². The van der Waals surface area contributed by atoms with E-state index in [2.05, 4.69) is 41.4 Å². The second kappa shape index (κ2) is 15.0. The number of pyridine rings is 1. The third kappa shape index (κ3) is 9.56. The van der Waals surface area contributed by atoms with Crippen LogP contribution in [0.15, 0.2) is 23.3 Å². The molecule has 7 heteroatoms. The first-order chi connectivity index (χ1) is 12.1. The SMILES string of the molecule is CCNC(=NCc1cccnc1OCC)NCCC(OCC)C(C)C.I. The van der Waals surface area contributed by atoms with Gasteiger partial charge in [0, 0.05) is 31.5 Å². The van der Waals surface area contributed by atoms with Gasteiger partial charge in [-0.05, 0) is 39.2 Å². The summed E-state index contributed by atoms with van der Waals surface area (Å²) in [6, 6.07) is 3.90. The Balaban J connectivity index is 0.00000625. The summed E-state index contributed by atoms with van der Waals surface area (Å²) in [5.74, 6) is 1.96. The summed E-state index contributed by atoms with van der Waals surface area (Å²) in [7, 11) is 0. The van der Waals surface area contributed by atoms with E-state index in [4.69, 9.17) is 9.47 Å². The number of hydrogen-bond acceptors (Lipinski definition) is 4. The molecule has 0 fully saturated rings. The summed E-state index contributed by atoms with van der Waals surface area (Å²) in [6.45, 7) is 13.9. The Morgan fingerprint density at radius 1 is 1.19 bits per heavy atom. The number of hydrogen-bond donors (Lipinski definition) is 2. The van der Waals surface area contributed by atoms with Crippen LogP contribution in [0.5, 0.6) is 5.88 Å². The highest BCUT2D eigenvalue weighted by Crippen LogP contribution is 2.15. The summed E-state index contributed by atoms with van der Waals surface area (Å²) in [5, 5.41) is 6.66. The highest BCUT2D eigenvalue weighted by Gasteiger charge is 2.13. The molecule has 1 rings (SSSR count). The van der Waals surface area contributed by atoms with E-state index >= 15 is 0 Å². The van der Waals surface area contributed by atoms with Crippen molar-refractivity contribution in [3.8, 4) is 5.88 Å². The molecule has 0 spiro atoms. The van der Waals surface area contributed by atoms with Crippen molar-refractivity contribution < 1.29 is 9.47 Å². The Hall–Kier alpha value is -1.09. The predicted octanol–water partition coefficient (Wildman–Crippen LogP) is 3.60. The number of aliphatic imine (C=N–C) groups is 1. The van der Waals surface area contributed by atoms with Gasteiger partial charge in [-0.25, -0.2) is 9.98 Å². The molecule has 0 aromatic carbocycles. The molecule has 1 aromatic heterocycles. The van der Waals surface area contributed by atoms with E-state index < -0.39 is 0 Å². The Kier molecular flexibility index (Phi) is 14.4. The third-order valence-electron chi connectivity index (χ3n) is 3.73. The molecule has 0 bridgehead atoms. The van der Waals surface area contributed by atoms with E-state index in [0.717, 1.165) is 37.6 Å². The number of ether oxygens (including phenoxy) is 2. The Labute approximate surface area is 175 Å². The average Bonchev–Trinajstić information content (AvgIpc) is 2.60. The van der Waals surface area contributed by atoms with Gasteiger partial charge in [0.2, 0.25) is 5.88 Å². The van der Waals surface area contributed by atoms with Crippen LogP contribution in [0.2, 0.25) is 0 Å². The topological polar surface area (TPSA) is 67.8 Å².